The molecule has 0 heterocycles. The molecule has 1 aromatic carbocycles. The average Bonchev–Trinajstić information content (AvgIpc) is 2.36. The van der Waals surface area contributed by atoms with E-state index < -0.39 is 29.3 Å². The second kappa shape index (κ2) is 7.71. The Kier molecular flexibility index (Phi) is 6.59. The van der Waals surface area contributed by atoms with Crippen LogP contribution in [-0.2, 0) is 10.0 Å². The van der Waals surface area contributed by atoms with Crippen molar-refractivity contribution < 1.29 is 18.6 Å². The van der Waals surface area contributed by atoms with Crippen LogP contribution < -0.4 is 10.5 Å². The SMILES string of the molecule is Nc1cccc(SCCS(=O)(=O)NC(CO)CO)c1. The molecule has 0 saturated carbocycles. The maximum absolute atomic E-state index is 11.6. The number of benzene rings is 1. The van der Waals surface area contributed by atoms with Gasteiger partial charge >= 0.3 is 0 Å². The predicted molar refractivity (Wildman–Crippen MR) is 76.5 cm³/mol. The lowest BCUT2D eigenvalue weighted by Crippen LogP contribution is -2.41. The van der Waals surface area contributed by atoms with Crippen molar-refractivity contribution >= 4 is 27.5 Å². The molecule has 19 heavy (non-hydrogen) atoms. The zero-order valence-corrected chi connectivity index (χ0v) is 12.0. The van der Waals surface area contributed by atoms with Crippen molar-refractivity contribution in [3.05, 3.63) is 24.3 Å². The molecule has 0 amide bonds. The molecule has 0 atom stereocenters. The smallest absolute Gasteiger partial charge is 0.212 e. The Bertz CT molecular complexity index is 489. The summed E-state index contributed by atoms with van der Waals surface area (Å²) in [5.41, 5.74) is 6.25. The largest absolute Gasteiger partial charge is 0.399 e. The molecule has 0 radical (unpaired) electrons. The van der Waals surface area contributed by atoms with Crippen molar-refractivity contribution in [3.8, 4) is 0 Å². The van der Waals surface area contributed by atoms with Crippen molar-refractivity contribution in [1.82, 2.24) is 4.72 Å². The molecular formula is C11H18N2O4S2. The van der Waals surface area contributed by atoms with Gasteiger partial charge in [0.05, 0.1) is 25.0 Å². The first kappa shape index (κ1) is 16.3. The van der Waals surface area contributed by atoms with Crippen LogP contribution in [0.4, 0.5) is 5.69 Å². The Labute approximate surface area is 117 Å². The van der Waals surface area contributed by atoms with Gasteiger partial charge < -0.3 is 15.9 Å². The molecule has 0 aliphatic carbocycles. The molecule has 0 aliphatic rings. The van der Waals surface area contributed by atoms with E-state index in [1.54, 1.807) is 18.2 Å². The van der Waals surface area contributed by atoms with Gasteiger partial charge in [0.1, 0.15) is 0 Å². The van der Waals surface area contributed by atoms with Crippen LogP contribution in [0.15, 0.2) is 29.2 Å². The molecule has 0 bridgehead atoms. The number of anilines is 1. The predicted octanol–water partition coefficient (Wildman–Crippen LogP) is -0.366. The minimum Gasteiger partial charge on any atom is -0.399 e. The maximum atomic E-state index is 11.6. The summed E-state index contributed by atoms with van der Waals surface area (Å²) in [6.45, 7) is -0.865. The molecule has 8 heteroatoms. The van der Waals surface area contributed by atoms with E-state index in [2.05, 4.69) is 4.72 Å². The number of aliphatic hydroxyl groups excluding tert-OH is 2. The Morgan fingerprint density at radius 2 is 2.00 bits per heavy atom. The van der Waals surface area contributed by atoms with Crippen LogP contribution in [0.1, 0.15) is 0 Å². The van der Waals surface area contributed by atoms with Crippen LogP contribution >= 0.6 is 11.8 Å². The molecule has 0 fully saturated rings. The van der Waals surface area contributed by atoms with Gasteiger partial charge in [0.25, 0.3) is 0 Å². The number of rotatable bonds is 8. The average molecular weight is 306 g/mol. The molecule has 0 spiro atoms. The number of nitrogen functional groups attached to an aromatic ring is 1. The van der Waals surface area contributed by atoms with Gasteiger partial charge in [-0.1, -0.05) is 6.07 Å². The zero-order chi connectivity index (χ0) is 14.3. The lowest BCUT2D eigenvalue weighted by Gasteiger charge is -2.13. The summed E-state index contributed by atoms with van der Waals surface area (Å²) in [5.74, 6) is 0.269. The molecule has 1 rings (SSSR count). The van der Waals surface area contributed by atoms with E-state index in [9.17, 15) is 8.42 Å². The molecule has 6 nitrogen and oxygen atoms in total. The van der Waals surface area contributed by atoms with Crippen molar-refractivity contribution in [2.45, 2.75) is 10.9 Å². The Hall–Kier alpha value is -0.800. The number of hydrogen-bond acceptors (Lipinski definition) is 6. The van der Waals surface area contributed by atoms with Crippen LogP contribution in [0.3, 0.4) is 0 Å². The molecule has 5 N–H and O–H groups in total. The minimum atomic E-state index is -3.51. The van der Waals surface area contributed by atoms with Gasteiger partial charge in [-0.25, -0.2) is 13.1 Å². The number of aliphatic hydroxyl groups is 2. The van der Waals surface area contributed by atoms with E-state index >= 15 is 0 Å². The summed E-state index contributed by atoms with van der Waals surface area (Å²) in [6.07, 6.45) is 0. The third-order valence-electron chi connectivity index (χ3n) is 2.27. The second-order valence-electron chi connectivity index (χ2n) is 3.92. The number of nitrogens with one attached hydrogen (secondary N) is 1. The minimum absolute atomic E-state index is 0.0943. The summed E-state index contributed by atoms with van der Waals surface area (Å²) in [5, 5.41) is 17.6. The van der Waals surface area contributed by atoms with Gasteiger partial charge in [-0.2, -0.15) is 0 Å². The molecule has 108 valence electrons. The Morgan fingerprint density at radius 1 is 1.32 bits per heavy atom. The molecule has 0 unspecified atom stereocenters. The van der Waals surface area contributed by atoms with Crippen LogP contribution in [0.2, 0.25) is 0 Å². The Morgan fingerprint density at radius 3 is 2.58 bits per heavy atom. The molecule has 0 saturated heterocycles. The highest BCUT2D eigenvalue weighted by Crippen LogP contribution is 2.20. The monoisotopic (exact) mass is 306 g/mol. The zero-order valence-electron chi connectivity index (χ0n) is 10.3. The highest BCUT2D eigenvalue weighted by Gasteiger charge is 2.16. The molecular weight excluding hydrogens is 288 g/mol. The van der Waals surface area contributed by atoms with Gasteiger partial charge in [0.2, 0.25) is 10.0 Å². The fourth-order valence-electron chi connectivity index (χ4n) is 1.32. The van der Waals surface area contributed by atoms with E-state index in [1.165, 1.54) is 11.8 Å². The van der Waals surface area contributed by atoms with E-state index in [-0.39, 0.29) is 5.75 Å². The highest BCUT2D eigenvalue weighted by molar-refractivity contribution is 8.00. The van der Waals surface area contributed by atoms with Crippen LogP contribution in [0.5, 0.6) is 0 Å². The van der Waals surface area contributed by atoms with Crippen molar-refractivity contribution in [2.24, 2.45) is 0 Å². The van der Waals surface area contributed by atoms with Crippen molar-refractivity contribution in [3.63, 3.8) is 0 Å². The fourth-order valence-corrected chi connectivity index (χ4v) is 3.93. The van der Waals surface area contributed by atoms with Crippen LogP contribution in [-0.4, -0.2) is 49.4 Å². The van der Waals surface area contributed by atoms with E-state index in [0.717, 1.165) is 4.90 Å². The highest BCUT2D eigenvalue weighted by atomic mass is 32.2. The first-order chi connectivity index (χ1) is 8.96. The summed E-state index contributed by atoms with van der Waals surface area (Å²) in [4.78, 5) is 0.899. The summed E-state index contributed by atoms with van der Waals surface area (Å²) >= 11 is 1.38. The third-order valence-corrected chi connectivity index (χ3v) is 4.95. The van der Waals surface area contributed by atoms with Crippen LogP contribution in [0.25, 0.3) is 0 Å². The molecule has 1 aromatic rings. The van der Waals surface area contributed by atoms with Crippen molar-refractivity contribution in [2.75, 3.05) is 30.5 Å². The van der Waals surface area contributed by atoms with Gasteiger partial charge in [0.15, 0.2) is 0 Å². The molecule has 0 aromatic heterocycles. The normalized spacial score (nSPS) is 11.9. The standard InChI is InChI=1S/C11H18N2O4S2/c12-9-2-1-3-11(6-9)18-4-5-19(16,17)13-10(7-14)8-15/h1-3,6,10,13-15H,4-5,7-8,12H2. The summed E-state index contributed by atoms with van der Waals surface area (Å²) < 4.78 is 25.5. The summed E-state index contributed by atoms with van der Waals surface area (Å²) in [7, 11) is -3.51. The quantitative estimate of drug-likeness (QED) is 0.385. The van der Waals surface area contributed by atoms with E-state index in [1.807, 2.05) is 6.07 Å². The number of thioether (sulfide) groups is 1. The molecule has 0 aliphatic heterocycles. The number of sulfonamides is 1. The van der Waals surface area contributed by atoms with Gasteiger partial charge in [-0.15, -0.1) is 11.8 Å². The van der Waals surface area contributed by atoms with Gasteiger partial charge in [-0.05, 0) is 18.2 Å². The van der Waals surface area contributed by atoms with Gasteiger partial charge in [-0.3, -0.25) is 0 Å². The van der Waals surface area contributed by atoms with Crippen LogP contribution in [0, 0.1) is 0 Å². The van der Waals surface area contributed by atoms with E-state index in [4.69, 9.17) is 15.9 Å². The lowest BCUT2D eigenvalue weighted by atomic mass is 10.3. The Balaban J connectivity index is 2.43. The number of nitrogens with two attached hydrogens (primary N) is 1. The van der Waals surface area contributed by atoms with Crippen molar-refractivity contribution in [1.29, 1.82) is 0 Å². The first-order valence-corrected chi connectivity index (χ1v) is 8.30. The third kappa shape index (κ3) is 6.26. The maximum Gasteiger partial charge on any atom is 0.212 e. The van der Waals surface area contributed by atoms with E-state index in [0.29, 0.717) is 11.4 Å². The topological polar surface area (TPSA) is 113 Å². The number of hydrogen-bond donors (Lipinski definition) is 4. The van der Waals surface area contributed by atoms with Gasteiger partial charge in [0, 0.05) is 16.3 Å². The first-order valence-electron chi connectivity index (χ1n) is 5.67. The lowest BCUT2D eigenvalue weighted by molar-refractivity contribution is 0.185. The summed E-state index contributed by atoms with van der Waals surface area (Å²) in [6, 6.07) is 6.34. The fraction of sp³-hybridized carbons (Fsp3) is 0.455. The second-order valence-corrected chi connectivity index (χ2v) is 6.96.